The van der Waals surface area contributed by atoms with Crippen LogP contribution in [0.5, 0.6) is 0 Å². The Hall–Kier alpha value is -0.830. The van der Waals surface area contributed by atoms with Crippen molar-refractivity contribution in [1.29, 1.82) is 0 Å². The molecule has 0 aliphatic heterocycles. The Bertz CT molecular complexity index is 313. The van der Waals surface area contributed by atoms with Crippen molar-refractivity contribution in [2.75, 3.05) is 7.11 Å². The smallest absolute Gasteiger partial charge is 0.338 e. The first-order valence-electron chi connectivity index (χ1n) is 4.25. The van der Waals surface area contributed by atoms with Crippen molar-refractivity contribution < 1.29 is 9.53 Å². The number of thiophene rings is 1. The third-order valence-corrected chi connectivity index (χ3v) is 3.26. The number of methoxy groups -OCH3 is 1. The Balaban J connectivity index is 3.03. The molecule has 2 nitrogen and oxygen atoms in total. The van der Waals surface area contributed by atoms with Gasteiger partial charge < -0.3 is 4.74 Å². The van der Waals surface area contributed by atoms with Gasteiger partial charge in [0.25, 0.3) is 0 Å². The van der Waals surface area contributed by atoms with E-state index in [2.05, 4.69) is 18.6 Å². The van der Waals surface area contributed by atoms with E-state index in [9.17, 15) is 4.79 Å². The Morgan fingerprint density at radius 3 is 2.54 bits per heavy atom. The van der Waals surface area contributed by atoms with Crippen molar-refractivity contribution in [2.24, 2.45) is 0 Å². The van der Waals surface area contributed by atoms with Gasteiger partial charge in [0.1, 0.15) is 0 Å². The highest BCUT2D eigenvalue weighted by Crippen LogP contribution is 2.27. The van der Waals surface area contributed by atoms with E-state index in [0.717, 1.165) is 4.88 Å². The summed E-state index contributed by atoms with van der Waals surface area (Å²) < 4.78 is 4.68. The predicted octanol–water partition coefficient (Wildman–Crippen LogP) is 2.97. The maximum Gasteiger partial charge on any atom is 0.338 e. The summed E-state index contributed by atoms with van der Waals surface area (Å²) in [7, 11) is 1.41. The lowest BCUT2D eigenvalue weighted by Crippen LogP contribution is -2.00. The number of hydrogen-bond donors (Lipinski definition) is 0. The standard InChI is InChI=1S/C10H14O2S/c1-6(2)9-5-8(7(3)13-9)10(11)12-4/h5-6H,1-4H3. The molecule has 0 aliphatic rings. The Kier molecular flexibility index (Phi) is 3.09. The zero-order valence-corrected chi connectivity index (χ0v) is 9.20. The summed E-state index contributed by atoms with van der Waals surface area (Å²) in [5.74, 6) is 0.239. The van der Waals surface area contributed by atoms with E-state index >= 15 is 0 Å². The molecule has 1 heterocycles. The third-order valence-electron chi connectivity index (χ3n) is 1.91. The molecule has 0 bridgehead atoms. The van der Waals surface area contributed by atoms with Crippen molar-refractivity contribution in [1.82, 2.24) is 0 Å². The molecular weight excluding hydrogens is 184 g/mol. The van der Waals surface area contributed by atoms with Gasteiger partial charge in [0.2, 0.25) is 0 Å². The quantitative estimate of drug-likeness (QED) is 0.683. The summed E-state index contributed by atoms with van der Waals surface area (Å²) in [6.45, 7) is 6.18. The molecule has 0 unspecified atom stereocenters. The number of ether oxygens (including phenoxy) is 1. The molecule has 0 atom stereocenters. The van der Waals surface area contributed by atoms with Crippen LogP contribution in [0.1, 0.15) is 39.9 Å². The van der Waals surface area contributed by atoms with Crippen LogP contribution < -0.4 is 0 Å². The fourth-order valence-corrected chi connectivity index (χ4v) is 2.12. The molecular formula is C10H14O2S. The largest absolute Gasteiger partial charge is 0.465 e. The summed E-state index contributed by atoms with van der Waals surface area (Å²) in [5, 5.41) is 0. The summed E-state index contributed by atoms with van der Waals surface area (Å²) in [6.07, 6.45) is 0. The van der Waals surface area contributed by atoms with E-state index in [0.29, 0.717) is 11.5 Å². The molecule has 0 N–H and O–H groups in total. The highest BCUT2D eigenvalue weighted by molar-refractivity contribution is 7.12. The maximum atomic E-state index is 11.3. The van der Waals surface area contributed by atoms with Crippen molar-refractivity contribution in [2.45, 2.75) is 26.7 Å². The second kappa shape index (κ2) is 3.92. The van der Waals surface area contributed by atoms with Gasteiger partial charge in [-0.1, -0.05) is 13.8 Å². The normalized spacial score (nSPS) is 10.5. The van der Waals surface area contributed by atoms with Crippen LogP contribution in [0.15, 0.2) is 6.07 Å². The van der Waals surface area contributed by atoms with Gasteiger partial charge >= 0.3 is 5.97 Å². The first kappa shape index (κ1) is 10.3. The number of carbonyl (C=O) groups excluding carboxylic acids is 1. The van der Waals surface area contributed by atoms with Crippen LogP contribution >= 0.6 is 11.3 Å². The molecule has 1 aromatic heterocycles. The number of rotatable bonds is 2. The minimum Gasteiger partial charge on any atom is -0.465 e. The lowest BCUT2D eigenvalue weighted by atomic mass is 10.1. The second-order valence-electron chi connectivity index (χ2n) is 3.26. The van der Waals surface area contributed by atoms with E-state index in [1.807, 2.05) is 13.0 Å². The first-order valence-corrected chi connectivity index (χ1v) is 5.06. The zero-order chi connectivity index (χ0) is 10.0. The van der Waals surface area contributed by atoms with Gasteiger partial charge in [-0.3, -0.25) is 0 Å². The van der Waals surface area contributed by atoms with E-state index in [1.54, 1.807) is 11.3 Å². The molecule has 72 valence electrons. The zero-order valence-electron chi connectivity index (χ0n) is 8.38. The summed E-state index contributed by atoms with van der Waals surface area (Å²) in [4.78, 5) is 13.5. The molecule has 0 spiro atoms. The van der Waals surface area contributed by atoms with E-state index in [4.69, 9.17) is 0 Å². The van der Waals surface area contributed by atoms with Crippen LogP contribution in [0.25, 0.3) is 0 Å². The van der Waals surface area contributed by atoms with Crippen molar-refractivity contribution in [3.05, 3.63) is 21.4 Å². The lowest BCUT2D eigenvalue weighted by molar-refractivity contribution is 0.0600. The van der Waals surface area contributed by atoms with Gasteiger partial charge in [-0.25, -0.2) is 4.79 Å². The summed E-state index contributed by atoms with van der Waals surface area (Å²) >= 11 is 1.67. The predicted molar refractivity (Wildman–Crippen MR) is 54.5 cm³/mol. The number of esters is 1. The summed E-state index contributed by atoms with van der Waals surface area (Å²) in [5.41, 5.74) is 0.705. The van der Waals surface area contributed by atoms with Crippen LogP contribution in [-0.4, -0.2) is 13.1 Å². The average Bonchev–Trinajstić information content (AvgIpc) is 2.46. The van der Waals surface area contributed by atoms with Crippen molar-refractivity contribution in [3.8, 4) is 0 Å². The fourth-order valence-electron chi connectivity index (χ4n) is 1.10. The first-order chi connectivity index (χ1) is 6.06. The number of carbonyl (C=O) groups is 1. The average molecular weight is 198 g/mol. The lowest BCUT2D eigenvalue weighted by Gasteiger charge is -1.97. The van der Waals surface area contributed by atoms with E-state index < -0.39 is 0 Å². The Morgan fingerprint density at radius 1 is 1.54 bits per heavy atom. The SMILES string of the molecule is COC(=O)c1cc(C(C)C)sc1C. The molecule has 0 amide bonds. The molecule has 0 aromatic carbocycles. The van der Waals surface area contributed by atoms with E-state index in [-0.39, 0.29) is 5.97 Å². The van der Waals surface area contributed by atoms with Gasteiger partial charge in [-0.2, -0.15) is 0 Å². The molecule has 3 heteroatoms. The van der Waals surface area contributed by atoms with E-state index in [1.165, 1.54) is 12.0 Å². The van der Waals surface area contributed by atoms with Gasteiger partial charge in [0.15, 0.2) is 0 Å². The fraction of sp³-hybridized carbons (Fsp3) is 0.500. The molecule has 0 aliphatic carbocycles. The van der Waals surface area contributed by atoms with Gasteiger partial charge in [0, 0.05) is 9.75 Å². The number of aryl methyl sites for hydroxylation is 1. The Labute approximate surface area is 82.5 Å². The number of hydrogen-bond acceptors (Lipinski definition) is 3. The molecule has 0 saturated carbocycles. The molecule has 0 saturated heterocycles. The molecule has 0 fully saturated rings. The second-order valence-corrected chi connectivity index (χ2v) is 4.55. The van der Waals surface area contributed by atoms with Gasteiger partial charge in [-0.05, 0) is 18.9 Å². The van der Waals surface area contributed by atoms with Crippen LogP contribution in [0.3, 0.4) is 0 Å². The highest BCUT2D eigenvalue weighted by atomic mass is 32.1. The monoisotopic (exact) mass is 198 g/mol. The van der Waals surface area contributed by atoms with Crippen molar-refractivity contribution in [3.63, 3.8) is 0 Å². The molecule has 1 rings (SSSR count). The maximum absolute atomic E-state index is 11.3. The van der Waals surface area contributed by atoms with Crippen LogP contribution in [0.4, 0.5) is 0 Å². The van der Waals surface area contributed by atoms with Crippen LogP contribution in [0.2, 0.25) is 0 Å². The van der Waals surface area contributed by atoms with Crippen molar-refractivity contribution >= 4 is 17.3 Å². The minimum atomic E-state index is -0.236. The topological polar surface area (TPSA) is 26.3 Å². The van der Waals surface area contributed by atoms with Crippen LogP contribution in [-0.2, 0) is 4.74 Å². The Morgan fingerprint density at radius 2 is 2.15 bits per heavy atom. The third kappa shape index (κ3) is 2.10. The van der Waals surface area contributed by atoms with Crippen LogP contribution in [0, 0.1) is 6.92 Å². The summed E-state index contributed by atoms with van der Waals surface area (Å²) in [6, 6.07) is 1.93. The van der Waals surface area contributed by atoms with Gasteiger partial charge in [0.05, 0.1) is 12.7 Å². The molecule has 13 heavy (non-hydrogen) atoms. The molecule has 0 radical (unpaired) electrons. The minimum absolute atomic E-state index is 0.236. The highest BCUT2D eigenvalue weighted by Gasteiger charge is 2.14. The molecule has 1 aromatic rings. The van der Waals surface area contributed by atoms with Gasteiger partial charge in [-0.15, -0.1) is 11.3 Å².